The fourth-order valence-corrected chi connectivity index (χ4v) is 1.32. The van der Waals surface area contributed by atoms with Gasteiger partial charge in [-0.1, -0.05) is 12.6 Å². The molecule has 1 aromatic rings. The summed E-state index contributed by atoms with van der Waals surface area (Å²) >= 11 is 0. The fourth-order valence-electron chi connectivity index (χ4n) is 1.32. The number of amides is 1. The first-order chi connectivity index (χ1) is 8.97. The molecular weight excluding hydrogens is 253 g/mol. The van der Waals surface area contributed by atoms with E-state index < -0.39 is 17.7 Å². The molecule has 0 aromatic heterocycles. The number of carbonyl (C=O) groups excluding carboxylic acids is 2. The number of primary amides is 1. The van der Waals surface area contributed by atoms with Crippen LogP contribution in [0.3, 0.4) is 0 Å². The van der Waals surface area contributed by atoms with Crippen LogP contribution in [0.4, 0.5) is 4.39 Å². The minimum absolute atomic E-state index is 0.0436. The van der Waals surface area contributed by atoms with Crippen molar-refractivity contribution in [2.75, 3.05) is 13.2 Å². The molecule has 0 saturated heterocycles. The molecule has 102 valence electrons. The Bertz CT molecular complexity index is 513. The smallest absolute Gasteiger partial charge is 0.336 e. The molecule has 19 heavy (non-hydrogen) atoms. The second kappa shape index (κ2) is 6.53. The lowest BCUT2D eigenvalue weighted by atomic mass is 10.2. The maximum atomic E-state index is 13.4. The van der Waals surface area contributed by atoms with Crippen LogP contribution in [0.1, 0.15) is 17.3 Å². The van der Waals surface area contributed by atoms with Crippen LogP contribution in [0.2, 0.25) is 0 Å². The number of halogens is 1. The molecule has 1 aromatic carbocycles. The van der Waals surface area contributed by atoms with Crippen LogP contribution in [0.25, 0.3) is 0 Å². The Balaban J connectivity index is 2.79. The van der Waals surface area contributed by atoms with Crippen molar-refractivity contribution >= 4 is 11.9 Å². The molecule has 1 rings (SSSR count). The monoisotopic (exact) mass is 267 g/mol. The van der Waals surface area contributed by atoms with E-state index in [1.807, 2.05) is 0 Å². The Hall–Kier alpha value is -2.37. The van der Waals surface area contributed by atoms with Crippen molar-refractivity contribution < 1.29 is 23.5 Å². The molecule has 0 radical (unpaired) electrons. The maximum Gasteiger partial charge on any atom is 0.336 e. The van der Waals surface area contributed by atoms with E-state index in [0.717, 1.165) is 6.07 Å². The van der Waals surface area contributed by atoms with Gasteiger partial charge in [-0.15, -0.1) is 0 Å². The van der Waals surface area contributed by atoms with Crippen LogP contribution in [0.5, 0.6) is 5.75 Å². The predicted octanol–water partition coefficient (Wildman–Crippen LogP) is 1.42. The number of esters is 1. The molecule has 0 bridgehead atoms. The van der Waals surface area contributed by atoms with Gasteiger partial charge in [0.05, 0.1) is 12.2 Å². The first-order valence-corrected chi connectivity index (χ1v) is 5.53. The summed E-state index contributed by atoms with van der Waals surface area (Å²) in [4.78, 5) is 22.4. The first kappa shape index (κ1) is 14.7. The van der Waals surface area contributed by atoms with E-state index in [9.17, 15) is 14.0 Å². The minimum atomic E-state index is -0.949. The molecule has 0 aliphatic rings. The summed E-state index contributed by atoms with van der Waals surface area (Å²) in [7, 11) is 0. The van der Waals surface area contributed by atoms with Gasteiger partial charge < -0.3 is 15.2 Å². The van der Waals surface area contributed by atoms with Crippen LogP contribution >= 0.6 is 0 Å². The molecule has 0 heterocycles. The fraction of sp³-hybridized carbons (Fsp3) is 0.231. The summed E-state index contributed by atoms with van der Waals surface area (Å²) in [6.07, 6.45) is 0. The molecule has 0 spiro atoms. The molecule has 5 nitrogen and oxygen atoms in total. The van der Waals surface area contributed by atoms with E-state index in [2.05, 4.69) is 6.58 Å². The van der Waals surface area contributed by atoms with E-state index in [4.69, 9.17) is 15.2 Å². The second-order valence-corrected chi connectivity index (χ2v) is 3.59. The van der Waals surface area contributed by atoms with Gasteiger partial charge in [-0.25, -0.2) is 9.18 Å². The standard InChI is InChI=1S/C13H14FNO4/c1-3-18-13(17)8(2)7-19-10-6-4-5-9(14)11(10)12(15)16/h4-6H,2-3,7H2,1H3,(H2,15,16). The number of ether oxygens (including phenoxy) is 2. The average Bonchev–Trinajstić information content (AvgIpc) is 2.35. The van der Waals surface area contributed by atoms with Gasteiger partial charge in [0, 0.05) is 0 Å². The predicted molar refractivity (Wildman–Crippen MR) is 66.2 cm³/mol. The van der Waals surface area contributed by atoms with Crippen LogP contribution < -0.4 is 10.5 Å². The molecular formula is C13H14FNO4. The summed E-state index contributed by atoms with van der Waals surface area (Å²) in [5.41, 5.74) is 4.75. The molecule has 0 fully saturated rings. The largest absolute Gasteiger partial charge is 0.488 e. The lowest BCUT2D eigenvalue weighted by molar-refractivity contribution is -0.138. The van der Waals surface area contributed by atoms with Crippen molar-refractivity contribution in [3.8, 4) is 5.75 Å². The van der Waals surface area contributed by atoms with E-state index in [0.29, 0.717) is 0 Å². The highest BCUT2D eigenvalue weighted by atomic mass is 19.1. The van der Waals surface area contributed by atoms with E-state index in [1.165, 1.54) is 12.1 Å². The number of rotatable bonds is 6. The SMILES string of the molecule is C=C(COc1cccc(F)c1C(N)=O)C(=O)OCC. The Morgan fingerprint density at radius 1 is 1.42 bits per heavy atom. The zero-order valence-electron chi connectivity index (χ0n) is 10.4. The molecule has 0 saturated carbocycles. The van der Waals surface area contributed by atoms with Gasteiger partial charge in [-0.3, -0.25) is 4.79 Å². The molecule has 0 unspecified atom stereocenters. The average molecular weight is 267 g/mol. The number of hydrogen-bond donors (Lipinski definition) is 1. The number of hydrogen-bond acceptors (Lipinski definition) is 4. The highest BCUT2D eigenvalue weighted by Gasteiger charge is 2.16. The van der Waals surface area contributed by atoms with Gasteiger partial charge in [-0.05, 0) is 19.1 Å². The third-order valence-corrected chi connectivity index (χ3v) is 2.19. The van der Waals surface area contributed by atoms with Crippen molar-refractivity contribution in [2.24, 2.45) is 5.73 Å². The van der Waals surface area contributed by atoms with Gasteiger partial charge >= 0.3 is 5.97 Å². The van der Waals surface area contributed by atoms with Crippen LogP contribution in [0, 0.1) is 5.82 Å². The Morgan fingerprint density at radius 2 is 2.11 bits per heavy atom. The van der Waals surface area contributed by atoms with Gasteiger partial charge in [0.2, 0.25) is 0 Å². The van der Waals surface area contributed by atoms with Gasteiger partial charge in [0.1, 0.15) is 23.7 Å². The van der Waals surface area contributed by atoms with Crippen LogP contribution in [-0.4, -0.2) is 25.1 Å². The van der Waals surface area contributed by atoms with Crippen LogP contribution in [-0.2, 0) is 9.53 Å². The van der Waals surface area contributed by atoms with E-state index >= 15 is 0 Å². The van der Waals surface area contributed by atoms with Crippen molar-refractivity contribution in [3.63, 3.8) is 0 Å². The van der Waals surface area contributed by atoms with Crippen molar-refractivity contribution in [2.45, 2.75) is 6.92 Å². The second-order valence-electron chi connectivity index (χ2n) is 3.59. The molecule has 0 aliphatic heterocycles. The van der Waals surface area contributed by atoms with E-state index in [-0.39, 0.29) is 30.1 Å². The summed E-state index contributed by atoms with van der Waals surface area (Å²) in [5.74, 6) is -2.39. The minimum Gasteiger partial charge on any atom is -0.488 e. The van der Waals surface area contributed by atoms with Crippen molar-refractivity contribution in [1.29, 1.82) is 0 Å². The van der Waals surface area contributed by atoms with Crippen molar-refractivity contribution in [1.82, 2.24) is 0 Å². The zero-order chi connectivity index (χ0) is 14.4. The zero-order valence-corrected chi connectivity index (χ0v) is 10.4. The topological polar surface area (TPSA) is 78.6 Å². The van der Waals surface area contributed by atoms with Crippen molar-refractivity contribution in [3.05, 3.63) is 41.7 Å². The third-order valence-electron chi connectivity index (χ3n) is 2.19. The Labute approximate surface area is 109 Å². The van der Waals surface area contributed by atoms with Gasteiger partial charge in [0.25, 0.3) is 5.91 Å². The summed E-state index contributed by atoms with van der Waals surface area (Å²) in [5, 5.41) is 0. The number of carbonyl (C=O) groups is 2. The molecule has 1 amide bonds. The number of nitrogens with two attached hydrogens (primary N) is 1. The Kier molecular flexibility index (Phi) is 5.05. The summed E-state index contributed by atoms with van der Waals surface area (Å²) in [6, 6.07) is 3.83. The Morgan fingerprint density at radius 3 is 2.68 bits per heavy atom. The summed E-state index contributed by atoms with van der Waals surface area (Å²) in [6.45, 7) is 5.13. The maximum absolute atomic E-state index is 13.4. The summed E-state index contributed by atoms with van der Waals surface area (Å²) < 4.78 is 23.3. The highest BCUT2D eigenvalue weighted by Crippen LogP contribution is 2.21. The number of benzene rings is 1. The highest BCUT2D eigenvalue weighted by molar-refractivity contribution is 5.96. The lowest BCUT2D eigenvalue weighted by Gasteiger charge is -2.11. The first-order valence-electron chi connectivity index (χ1n) is 5.53. The quantitative estimate of drug-likeness (QED) is 0.624. The molecule has 2 N–H and O–H groups in total. The lowest BCUT2D eigenvalue weighted by Crippen LogP contribution is -2.17. The third kappa shape index (κ3) is 3.80. The molecule has 0 atom stereocenters. The van der Waals surface area contributed by atoms with E-state index in [1.54, 1.807) is 6.92 Å². The van der Waals surface area contributed by atoms with Gasteiger partial charge in [0.15, 0.2) is 0 Å². The normalized spacial score (nSPS) is 9.79. The molecule has 0 aliphatic carbocycles. The molecule has 6 heteroatoms. The van der Waals surface area contributed by atoms with Gasteiger partial charge in [-0.2, -0.15) is 0 Å². The van der Waals surface area contributed by atoms with Crippen LogP contribution in [0.15, 0.2) is 30.4 Å².